The van der Waals surface area contributed by atoms with Crippen molar-refractivity contribution in [2.75, 3.05) is 0 Å². The maximum Gasteiger partial charge on any atom is 0.294 e. The quantitative estimate of drug-likeness (QED) is 0.781. The van der Waals surface area contributed by atoms with Gasteiger partial charge >= 0.3 is 0 Å². The van der Waals surface area contributed by atoms with Crippen molar-refractivity contribution in [3.63, 3.8) is 0 Å². The van der Waals surface area contributed by atoms with Gasteiger partial charge in [-0.2, -0.15) is 4.98 Å². The van der Waals surface area contributed by atoms with E-state index in [-0.39, 0.29) is 5.82 Å². The van der Waals surface area contributed by atoms with Gasteiger partial charge in [-0.05, 0) is 38.0 Å². The van der Waals surface area contributed by atoms with E-state index in [9.17, 15) is 4.39 Å². The second-order valence-electron chi connectivity index (χ2n) is 5.98. The molecule has 0 spiro atoms. The van der Waals surface area contributed by atoms with Crippen molar-refractivity contribution < 1.29 is 13.3 Å². The highest BCUT2D eigenvalue weighted by Gasteiger charge is 2.36. The molecule has 3 aromatic rings. The predicted molar refractivity (Wildman–Crippen MR) is 78.5 cm³/mol. The van der Waals surface area contributed by atoms with E-state index in [1.807, 2.05) is 6.92 Å². The average Bonchev–Trinajstić information content (AvgIpc) is 3.20. The molecule has 2 N–H and O–H groups in total. The van der Waals surface area contributed by atoms with Crippen molar-refractivity contribution in [3.8, 4) is 11.7 Å². The first kappa shape index (κ1) is 13.5. The van der Waals surface area contributed by atoms with Gasteiger partial charge in [-0.3, -0.25) is 0 Å². The fourth-order valence-electron chi connectivity index (χ4n) is 3.14. The van der Waals surface area contributed by atoms with Crippen LogP contribution in [0.3, 0.4) is 0 Å². The molecule has 1 aliphatic rings. The molecule has 0 saturated heterocycles. The highest BCUT2D eigenvalue weighted by atomic mass is 19.1. The van der Waals surface area contributed by atoms with Crippen LogP contribution in [0.4, 0.5) is 4.39 Å². The zero-order valence-electron chi connectivity index (χ0n) is 12.2. The topological polar surface area (TPSA) is 78.1 Å². The molecule has 22 heavy (non-hydrogen) atoms. The average molecular weight is 301 g/mol. The number of furan rings is 1. The summed E-state index contributed by atoms with van der Waals surface area (Å²) in [6.45, 7) is 1.85. The van der Waals surface area contributed by atoms with Gasteiger partial charge in [-0.25, -0.2) is 4.39 Å². The van der Waals surface area contributed by atoms with E-state index in [1.54, 1.807) is 6.07 Å². The number of aromatic nitrogens is 2. The Kier molecular flexibility index (Phi) is 2.84. The van der Waals surface area contributed by atoms with Crippen LogP contribution >= 0.6 is 0 Å². The SMILES string of the molecule is Cc1c(-c2nc(C3(N)CCCC3)no2)oc2ccc(F)cc12. The number of nitrogens with zero attached hydrogens (tertiary/aromatic N) is 2. The maximum atomic E-state index is 13.4. The van der Waals surface area contributed by atoms with Crippen molar-refractivity contribution in [2.24, 2.45) is 5.73 Å². The Hall–Kier alpha value is -2.21. The van der Waals surface area contributed by atoms with Crippen molar-refractivity contribution in [2.45, 2.75) is 38.1 Å². The molecule has 0 amide bonds. The molecule has 0 radical (unpaired) electrons. The van der Waals surface area contributed by atoms with Gasteiger partial charge in [0.25, 0.3) is 5.89 Å². The second kappa shape index (κ2) is 4.64. The van der Waals surface area contributed by atoms with E-state index in [1.165, 1.54) is 12.1 Å². The van der Waals surface area contributed by atoms with Gasteiger partial charge in [0.2, 0.25) is 0 Å². The van der Waals surface area contributed by atoms with Crippen molar-refractivity contribution in [1.29, 1.82) is 0 Å². The molecule has 4 rings (SSSR count). The van der Waals surface area contributed by atoms with Gasteiger partial charge in [0.15, 0.2) is 11.6 Å². The fourth-order valence-corrected chi connectivity index (χ4v) is 3.14. The summed E-state index contributed by atoms with van der Waals surface area (Å²) < 4.78 is 24.5. The van der Waals surface area contributed by atoms with Crippen LogP contribution in [0.5, 0.6) is 0 Å². The highest BCUT2D eigenvalue weighted by molar-refractivity contribution is 5.86. The van der Waals surface area contributed by atoms with Gasteiger partial charge in [-0.15, -0.1) is 0 Å². The lowest BCUT2D eigenvalue weighted by atomic mass is 9.99. The molecule has 2 aromatic heterocycles. The highest BCUT2D eigenvalue weighted by Crippen LogP contribution is 2.37. The Bertz CT molecular complexity index is 846. The smallest absolute Gasteiger partial charge is 0.294 e. The van der Waals surface area contributed by atoms with E-state index < -0.39 is 5.54 Å². The fraction of sp³-hybridized carbons (Fsp3) is 0.375. The number of benzene rings is 1. The first-order valence-corrected chi connectivity index (χ1v) is 7.39. The lowest BCUT2D eigenvalue weighted by Crippen LogP contribution is -2.34. The minimum absolute atomic E-state index is 0.292. The number of fused-ring (bicyclic) bond motifs is 1. The number of hydrogen-bond donors (Lipinski definition) is 1. The van der Waals surface area contributed by atoms with E-state index in [4.69, 9.17) is 14.7 Å². The van der Waals surface area contributed by atoms with Gasteiger partial charge in [0, 0.05) is 10.9 Å². The van der Waals surface area contributed by atoms with E-state index >= 15 is 0 Å². The van der Waals surface area contributed by atoms with Gasteiger partial charge in [0.1, 0.15) is 11.4 Å². The molecule has 1 aromatic carbocycles. The minimum Gasteiger partial charge on any atom is -0.451 e. The normalized spacial score (nSPS) is 17.4. The Morgan fingerprint density at radius 2 is 2.05 bits per heavy atom. The van der Waals surface area contributed by atoms with Crippen LogP contribution in [0.1, 0.15) is 37.1 Å². The lowest BCUT2D eigenvalue weighted by molar-refractivity contribution is 0.369. The Balaban J connectivity index is 1.79. The molecule has 1 fully saturated rings. The summed E-state index contributed by atoms with van der Waals surface area (Å²) in [6, 6.07) is 4.40. The van der Waals surface area contributed by atoms with Crippen LogP contribution in [0.15, 0.2) is 27.1 Å². The molecule has 6 heteroatoms. The summed E-state index contributed by atoms with van der Waals surface area (Å²) in [5, 5.41) is 4.74. The van der Waals surface area contributed by atoms with E-state index in [0.29, 0.717) is 28.4 Å². The molecule has 1 aliphatic carbocycles. The van der Waals surface area contributed by atoms with Crippen LogP contribution < -0.4 is 5.73 Å². The zero-order chi connectivity index (χ0) is 15.3. The summed E-state index contributed by atoms with van der Waals surface area (Å²) >= 11 is 0. The first-order chi connectivity index (χ1) is 10.6. The third-order valence-corrected chi connectivity index (χ3v) is 4.46. The molecule has 114 valence electrons. The number of hydrogen-bond acceptors (Lipinski definition) is 5. The number of rotatable bonds is 2. The Labute approximate surface area is 126 Å². The second-order valence-corrected chi connectivity index (χ2v) is 5.98. The number of halogens is 1. The van der Waals surface area contributed by atoms with Gasteiger partial charge < -0.3 is 14.7 Å². The van der Waals surface area contributed by atoms with Gasteiger partial charge in [-0.1, -0.05) is 18.0 Å². The molecule has 0 unspecified atom stereocenters. The number of nitrogens with two attached hydrogens (primary N) is 1. The van der Waals surface area contributed by atoms with Crippen LogP contribution in [0, 0.1) is 12.7 Å². The van der Waals surface area contributed by atoms with E-state index in [0.717, 1.165) is 31.2 Å². The molecular weight excluding hydrogens is 285 g/mol. The summed E-state index contributed by atoms with van der Waals surface area (Å²) in [7, 11) is 0. The first-order valence-electron chi connectivity index (χ1n) is 7.39. The van der Waals surface area contributed by atoms with Gasteiger partial charge in [0.05, 0.1) is 5.54 Å². The van der Waals surface area contributed by atoms with Crippen LogP contribution in [0.25, 0.3) is 22.6 Å². The summed E-state index contributed by atoms with van der Waals surface area (Å²) in [4.78, 5) is 4.42. The van der Waals surface area contributed by atoms with Crippen LogP contribution in [0.2, 0.25) is 0 Å². The standard InChI is InChI=1S/C16H16FN3O2/c1-9-11-8-10(17)4-5-12(11)21-13(9)14-19-15(20-22-14)16(18)6-2-3-7-16/h4-5,8H,2-3,6-7,18H2,1H3. The molecule has 2 heterocycles. The molecule has 0 atom stereocenters. The molecule has 0 aliphatic heterocycles. The minimum atomic E-state index is -0.506. The van der Waals surface area contributed by atoms with Crippen molar-refractivity contribution in [3.05, 3.63) is 35.4 Å². The lowest BCUT2D eigenvalue weighted by Gasteiger charge is -2.17. The molecule has 5 nitrogen and oxygen atoms in total. The summed E-state index contributed by atoms with van der Waals surface area (Å²) in [5.74, 6) is 0.980. The molecular formula is C16H16FN3O2. The summed E-state index contributed by atoms with van der Waals surface area (Å²) in [6.07, 6.45) is 3.86. The largest absolute Gasteiger partial charge is 0.451 e. The third kappa shape index (κ3) is 1.94. The predicted octanol–water partition coefficient (Wildman–Crippen LogP) is 3.66. The Morgan fingerprint density at radius 3 is 2.82 bits per heavy atom. The monoisotopic (exact) mass is 301 g/mol. The summed E-state index contributed by atoms with van der Waals surface area (Å²) in [5.41, 5.74) is 7.21. The third-order valence-electron chi connectivity index (χ3n) is 4.46. The number of aryl methyl sites for hydroxylation is 1. The molecule has 0 bridgehead atoms. The van der Waals surface area contributed by atoms with Crippen molar-refractivity contribution in [1.82, 2.24) is 10.1 Å². The van der Waals surface area contributed by atoms with E-state index in [2.05, 4.69) is 10.1 Å². The van der Waals surface area contributed by atoms with Crippen LogP contribution in [-0.2, 0) is 5.54 Å². The van der Waals surface area contributed by atoms with Crippen LogP contribution in [-0.4, -0.2) is 10.1 Å². The maximum absolute atomic E-state index is 13.4. The Morgan fingerprint density at radius 1 is 1.27 bits per heavy atom. The van der Waals surface area contributed by atoms with Crippen molar-refractivity contribution >= 4 is 11.0 Å². The zero-order valence-corrected chi connectivity index (χ0v) is 12.2. The molecule has 1 saturated carbocycles.